The first kappa shape index (κ1) is 21.0. The molecule has 1 fully saturated rings. The number of nitrogens with one attached hydrogen (secondary N) is 1. The van der Waals surface area contributed by atoms with Crippen LogP contribution in [0.25, 0.3) is 11.1 Å². The highest BCUT2D eigenvalue weighted by Gasteiger charge is 2.26. The van der Waals surface area contributed by atoms with Gasteiger partial charge in [-0.15, -0.1) is 0 Å². The Kier molecular flexibility index (Phi) is 6.27. The normalized spacial score (nSPS) is 14.5. The molecule has 0 aliphatic carbocycles. The van der Waals surface area contributed by atoms with Crippen molar-refractivity contribution in [1.82, 2.24) is 10.3 Å². The summed E-state index contributed by atoms with van der Waals surface area (Å²) < 4.78 is 16.4. The van der Waals surface area contributed by atoms with Gasteiger partial charge in [0.05, 0.1) is 19.3 Å². The van der Waals surface area contributed by atoms with Gasteiger partial charge in [0.1, 0.15) is 5.52 Å². The molecule has 1 aliphatic heterocycles. The number of hydrogen-bond acceptors (Lipinski definition) is 8. The maximum absolute atomic E-state index is 11.9. The van der Waals surface area contributed by atoms with E-state index in [1.54, 1.807) is 24.3 Å². The maximum atomic E-state index is 11.9. The maximum Gasteiger partial charge on any atom is 0.337 e. The predicted octanol–water partition coefficient (Wildman–Crippen LogP) is 3.48. The van der Waals surface area contributed by atoms with Gasteiger partial charge in [-0.25, -0.2) is 4.79 Å². The van der Waals surface area contributed by atoms with Crippen LogP contribution >= 0.6 is 0 Å². The van der Waals surface area contributed by atoms with Crippen molar-refractivity contribution in [2.24, 2.45) is 0 Å². The van der Waals surface area contributed by atoms with Crippen LogP contribution in [0.5, 0.6) is 11.5 Å². The highest BCUT2D eigenvalue weighted by atomic mass is 16.5. The van der Waals surface area contributed by atoms with Crippen LogP contribution in [0.2, 0.25) is 0 Å². The average Bonchev–Trinajstić information content (AvgIpc) is 3.22. The Morgan fingerprint density at radius 2 is 2.06 bits per heavy atom. The molecule has 1 aliphatic rings. The molecule has 164 valence electrons. The minimum absolute atomic E-state index is 0.121. The summed E-state index contributed by atoms with van der Waals surface area (Å²) in [5, 5.41) is 13.4. The third kappa shape index (κ3) is 4.59. The fourth-order valence-electron chi connectivity index (χ4n) is 3.88. The third-order valence-electron chi connectivity index (χ3n) is 5.47. The number of aromatic hydroxyl groups is 1. The van der Waals surface area contributed by atoms with Crippen LogP contribution in [-0.4, -0.2) is 48.9 Å². The van der Waals surface area contributed by atoms with Gasteiger partial charge < -0.3 is 29.2 Å². The highest BCUT2D eigenvalue weighted by Crippen LogP contribution is 2.31. The van der Waals surface area contributed by atoms with E-state index in [9.17, 15) is 9.90 Å². The van der Waals surface area contributed by atoms with Crippen molar-refractivity contribution in [3.8, 4) is 11.5 Å². The van der Waals surface area contributed by atoms with E-state index in [0.29, 0.717) is 41.6 Å². The smallest absolute Gasteiger partial charge is 0.337 e. The van der Waals surface area contributed by atoms with Gasteiger partial charge in [0.2, 0.25) is 0 Å². The molecule has 0 amide bonds. The van der Waals surface area contributed by atoms with Crippen molar-refractivity contribution in [3.63, 3.8) is 0 Å². The summed E-state index contributed by atoms with van der Waals surface area (Å²) in [6, 6.07) is 11.2. The zero-order chi connectivity index (χ0) is 21.8. The fourth-order valence-corrected chi connectivity index (χ4v) is 3.88. The summed E-state index contributed by atoms with van der Waals surface area (Å²) in [6.07, 6.45) is 1.92. The Bertz CT molecular complexity index is 1060. The number of phenolic OH excluding ortho intramolecular Hbond substituents is 1. The average molecular weight is 425 g/mol. The number of hydrogen-bond donors (Lipinski definition) is 2. The zero-order valence-corrected chi connectivity index (χ0v) is 17.8. The summed E-state index contributed by atoms with van der Waals surface area (Å²) in [5.41, 5.74) is 2.63. The Labute approximate surface area is 180 Å². The number of anilines is 1. The molecule has 4 rings (SSSR count). The van der Waals surface area contributed by atoms with Gasteiger partial charge in [-0.3, -0.25) is 0 Å². The molecule has 2 heterocycles. The van der Waals surface area contributed by atoms with Gasteiger partial charge in [-0.1, -0.05) is 6.07 Å². The number of rotatable bonds is 7. The van der Waals surface area contributed by atoms with Crippen LogP contribution in [0.15, 0.2) is 40.8 Å². The Balaban J connectivity index is 1.68. The summed E-state index contributed by atoms with van der Waals surface area (Å²) >= 11 is 0. The highest BCUT2D eigenvalue weighted by molar-refractivity contribution is 5.93. The van der Waals surface area contributed by atoms with E-state index in [1.807, 2.05) is 19.1 Å². The number of methoxy groups -OCH3 is 1. The van der Waals surface area contributed by atoms with Gasteiger partial charge in [0.15, 0.2) is 17.1 Å². The third-order valence-corrected chi connectivity index (χ3v) is 5.47. The van der Waals surface area contributed by atoms with E-state index >= 15 is 0 Å². The molecule has 0 unspecified atom stereocenters. The van der Waals surface area contributed by atoms with E-state index in [1.165, 1.54) is 7.11 Å². The minimum atomic E-state index is -0.414. The molecule has 8 heteroatoms. The lowest BCUT2D eigenvalue weighted by molar-refractivity contribution is 0.0600. The van der Waals surface area contributed by atoms with Gasteiger partial charge in [-0.2, -0.15) is 4.98 Å². The number of phenols is 1. The lowest BCUT2D eigenvalue weighted by atomic mass is 10.0. The lowest BCUT2D eigenvalue weighted by Crippen LogP contribution is -2.43. The topological polar surface area (TPSA) is 97.1 Å². The second kappa shape index (κ2) is 9.26. The molecule has 0 radical (unpaired) electrons. The number of esters is 1. The van der Waals surface area contributed by atoms with Crippen molar-refractivity contribution < 1.29 is 23.8 Å². The number of oxazole rings is 1. The molecular formula is C23H27N3O5. The molecule has 0 atom stereocenters. The van der Waals surface area contributed by atoms with Gasteiger partial charge in [0, 0.05) is 12.6 Å². The second-order valence-electron chi connectivity index (χ2n) is 7.51. The molecule has 0 spiro atoms. The Morgan fingerprint density at radius 1 is 1.26 bits per heavy atom. The first-order chi connectivity index (χ1) is 15.1. The van der Waals surface area contributed by atoms with E-state index in [-0.39, 0.29) is 11.8 Å². The molecule has 1 aromatic heterocycles. The molecule has 1 saturated heterocycles. The fraction of sp³-hybridized carbons (Fsp3) is 0.391. The van der Waals surface area contributed by atoms with Crippen molar-refractivity contribution in [2.75, 3.05) is 31.7 Å². The van der Waals surface area contributed by atoms with Crippen LogP contribution in [0.1, 0.15) is 35.7 Å². The van der Waals surface area contributed by atoms with Crippen LogP contribution in [0, 0.1) is 0 Å². The van der Waals surface area contributed by atoms with Gasteiger partial charge >= 0.3 is 5.97 Å². The number of benzene rings is 2. The quantitative estimate of drug-likeness (QED) is 0.556. The van der Waals surface area contributed by atoms with Crippen LogP contribution in [0.4, 0.5) is 6.01 Å². The largest absolute Gasteiger partial charge is 0.504 e. The molecule has 0 bridgehead atoms. The Morgan fingerprint density at radius 3 is 2.81 bits per heavy atom. The number of aromatic nitrogens is 1. The summed E-state index contributed by atoms with van der Waals surface area (Å²) in [4.78, 5) is 18.7. The van der Waals surface area contributed by atoms with E-state index < -0.39 is 5.97 Å². The number of carbonyl (C=O) groups is 1. The molecule has 0 saturated carbocycles. The van der Waals surface area contributed by atoms with Crippen molar-refractivity contribution in [1.29, 1.82) is 0 Å². The molecule has 8 nitrogen and oxygen atoms in total. The SMILES string of the molecule is CCOc1cc(CN(c2nc3ccc(C(=O)OC)cc3o2)C2CCNCC2)ccc1O. The first-order valence-electron chi connectivity index (χ1n) is 10.5. The lowest BCUT2D eigenvalue weighted by Gasteiger charge is -2.33. The van der Waals surface area contributed by atoms with E-state index in [0.717, 1.165) is 31.5 Å². The minimum Gasteiger partial charge on any atom is -0.504 e. The van der Waals surface area contributed by atoms with Crippen LogP contribution < -0.4 is 15.0 Å². The molecule has 31 heavy (non-hydrogen) atoms. The number of carbonyl (C=O) groups excluding carboxylic acids is 1. The molecule has 2 aromatic carbocycles. The van der Waals surface area contributed by atoms with Crippen molar-refractivity contribution in [2.45, 2.75) is 32.4 Å². The summed E-state index contributed by atoms with van der Waals surface area (Å²) in [5.74, 6) is 0.171. The molecular weight excluding hydrogens is 398 g/mol. The Hall–Kier alpha value is -3.26. The van der Waals surface area contributed by atoms with E-state index in [2.05, 4.69) is 10.2 Å². The zero-order valence-electron chi connectivity index (χ0n) is 17.8. The van der Waals surface area contributed by atoms with Crippen molar-refractivity contribution in [3.05, 3.63) is 47.5 Å². The van der Waals surface area contributed by atoms with E-state index in [4.69, 9.17) is 18.9 Å². The van der Waals surface area contributed by atoms with Crippen molar-refractivity contribution >= 4 is 23.1 Å². The number of fused-ring (bicyclic) bond motifs is 1. The summed E-state index contributed by atoms with van der Waals surface area (Å²) in [7, 11) is 1.35. The molecule has 2 N–H and O–H groups in total. The first-order valence-corrected chi connectivity index (χ1v) is 10.5. The second-order valence-corrected chi connectivity index (χ2v) is 7.51. The standard InChI is InChI=1S/C23H27N3O5/c1-3-30-21-12-15(4-7-19(21)27)14-26(17-8-10-24-11-9-17)23-25-18-6-5-16(22(28)29-2)13-20(18)31-23/h4-7,12-13,17,24,27H,3,8-11,14H2,1-2H3. The summed E-state index contributed by atoms with van der Waals surface area (Å²) in [6.45, 7) is 4.76. The molecule has 3 aromatic rings. The van der Waals surface area contributed by atoms with Gasteiger partial charge in [-0.05, 0) is 68.8 Å². The van der Waals surface area contributed by atoms with Crippen LogP contribution in [0.3, 0.4) is 0 Å². The number of nitrogens with zero attached hydrogens (tertiary/aromatic N) is 2. The predicted molar refractivity (Wildman–Crippen MR) is 117 cm³/mol. The number of piperidine rings is 1. The number of ether oxygens (including phenoxy) is 2. The monoisotopic (exact) mass is 425 g/mol. The van der Waals surface area contributed by atoms with Gasteiger partial charge in [0.25, 0.3) is 6.01 Å². The van der Waals surface area contributed by atoms with Crippen LogP contribution in [-0.2, 0) is 11.3 Å².